The number of rotatable bonds is 4. The van der Waals surface area contributed by atoms with Crippen molar-refractivity contribution in [3.63, 3.8) is 0 Å². The van der Waals surface area contributed by atoms with E-state index in [0.717, 1.165) is 11.3 Å². The Labute approximate surface area is 99.0 Å². The molecule has 0 spiro atoms. The van der Waals surface area contributed by atoms with Gasteiger partial charge in [-0.05, 0) is 24.1 Å². The number of nitrogens with one attached hydrogen (secondary N) is 2. The van der Waals surface area contributed by atoms with Crippen LogP contribution in [0.2, 0.25) is 0 Å². The molecule has 0 bridgehead atoms. The molecule has 0 aliphatic heterocycles. The zero-order valence-electron chi connectivity index (χ0n) is 9.31. The average Bonchev–Trinajstić information content (AvgIpc) is 2.81. The standard InChI is InChI=1S/C12H14N4O/c13-10-4-1-9(2-5-10)3-6-12(17)15-11-7-8-14-16-11/h1-2,4-5,7-8H,3,6,13H2,(H2,14,15,16,17). The van der Waals surface area contributed by atoms with E-state index >= 15 is 0 Å². The second kappa shape index (κ2) is 5.16. The molecule has 1 aromatic heterocycles. The molecule has 4 N–H and O–H groups in total. The summed E-state index contributed by atoms with van der Waals surface area (Å²) in [6.07, 6.45) is 2.72. The molecule has 88 valence electrons. The summed E-state index contributed by atoms with van der Waals surface area (Å²) in [7, 11) is 0. The number of aromatic nitrogens is 2. The number of nitrogens with two attached hydrogens (primary N) is 1. The molecule has 17 heavy (non-hydrogen) atoms. The third kappa shape index (κ3) is 3.34. The fourth-order valence-electron chi connectivity index (χ4n) is 1.48. The van der Waals surface area contributed by atoms with Gasteiger partial charge in [0.2, 0.25) is 5.91 Å². The predicted molar refractivity (Wildman–Crippen MR) is 66.4 cm³/mol. The molecular weight excluding hydrogens is 216 g/mol. The van der Waals surface area contributed by atoms with Crippen molar-refractivity contribution in [1.82, 2.24) is 10.2 Å². The number of hydrogen-bond acceptors (Lipinski definition) is 3. The minimum atomic E-state index is -0.0360. The zero-order valence-corrected chi connectivity index (χ0v) is 9.31. The second-order valence-corrected chi connectivity index (χ2v) is 3.76. The topological polar surface area (TPSA) is 83.8 Å². The fourth-order valence-corrected chi connectivity index (χ4v) is 1.48. The van der Waals surface area contributed by atoms with E-state index in [9.17, 15) is 4.79 Å². The number of amides is 1. The van der Waals surface area contributed by atoms with E-state index < -0.39 is 0 Å². The number of anilines is 2. The second-order valence-electron chi connectivity index (χ2n) is 3.76. The van der Waals surface area contributed by atoms with Gasteiger partial charge in [0.1, 0.15) is 5.82 Å². The lowest BCUT2D eigenvalue weighted by atomic mass is 10.1. The van der Waals surface area contributed by atoms with E-state index in [0.29, 0.717) is 18.7 Å². The fraction of sp³-hybridized carbons (Fsp3) is 0.167. The lowest BCUT2D eigenvalue weighted by Gasteiger charge is -2.03. The molecule has 0 unspecified atom stereocenters. The highest BCUT2D eigenvalue weighted by Crippen LogP contribution is 2.08. The van der Waals surface area contributed by atoms with Crippen LogP contribution in [0.5, 0.6) is 0 Å². The Morgan fingerprint density at radius 3 is 2.71 bits per heavy atom. The molecule has 1 aromatic carbocycles. The van der Waals surface area contributed by atoms with Crippen molar-refractivity contribution in [2.24, 2.45) is 0 Å². The molecule has 0 aliphatic carbocycles. The molecule has 5 heteroatoms. The van der Waals surface area contributed by atoms with Gasteiger partial charge in [-0.3, -0.25) is 9.89 Å². The summed E-state index contributed by atoms with van der Waals surface area (Å²) >= 11 is 0. The number of benzene rings is 1. The summed E-state index contributed by atoms with van der Waals surface area (Å²) < 4.78 is 0. The molecular formula is C12H14N4O. The maximum absolute atomic E-state index is 11.6. The molecule has 5 nitrogen and oxygen atoms in total. The summed E-state index contributed by atoms with van der Waals surface area (Å²) in [4.78, 5) is 11.6. The Bertz CT molecular complexity index is 476. The zero-order chi connectivity index (χ0) is 12.1. The van der Waals surface area contributed by atoms with Crippen molar-refractivity contribution < 1.29 is 4.79 Å². The number of aromatic amines is 1. The highest BCUT2D eigenvalue weighted by atomic mass is 16.1. The van der Waals surface area contributed by atoms with Gasteiger partial charge in [-0.25, -0.2) is 0 Å². The van der Waals surface area contributed by atoms with Gasteiger partial charge in [0, 0.05) is 18.2 Å². The molecule has 2 rings (SSSR count). The molecule has 0 radical (unpaired) electrons. The van der Waals surface area contributed by atoms with E-state index in [4.69, 9.17) is 5.73 Å². The van der Waals surface area contributed by atoms with E-state index in [-0.39, 0.29) is 5.91 Å². The molecule has 2 aromatic rings. The number of aryl methyl sites for hydroxylation is 1. The molecule has 0 saturated carbocycles. The maximum Gasteiger partial charge on any atom is 0.225 e. The SMILES string of the molecule is Nc1ccc(CCC(=O)Nc2ccn[nH]2)cc1. The van der Waals surface area contributed by atoms with E-state index in [2.05, 4.69) is 15.5 Å². The molecule has 0 atom stereocenters. The third-order valence-corrected chi connectivity index (χ3v) is 2.40. The molecule has 0 aliphatic rings. The van der Waals surface area contributed by atoms with Gasteiger partial charge in [-0.1, -0.05) is 12.1 Å². The molecule has 1 amide bonds. The quantitative estimate of drug-likeness (QED) is 0.697. The van der Waals surface area contributed by atoms with Crippen LogP contribution in [0.25, 0.3) is 0 Å². The van der Waals surface area contributed by atoms with Gasteiger partial charge in [-0.15, -0.1) is 0 Å². The van der Waals surface area contributed by atoms with Crippen LogP contribution in [0, 0.1) is 0 Å². The number of hydrogen-bond donors (Lipinski definition) is 3. The summed E-state index contributed by atoms with van der Waals surface area (Å²) in [5.41, 5.74) is 7.41. The first-order valence-electron chi connectivity index (χ1n) is 5.38. The summed E-state index contributed by atoms with van der Waals surface area (Å²) in [6.45, 7) is 0. The van der Waals surface area contributed by atoms with Gasteiger partial charge < -0.3 is 11.1 Å². The Morgan fingerprint density at radius 2 is 2.06 bits per heavy atom. The smallest absolute Gasteiger partial charge is 0.225 e. The van der Waals surface area contributed by atoms with Gasteiger partial charge in [0.05, 0.1) is 6.20 Å². The monoisotopic (exact) mass is 230 g/mol. The van der Waals surface area contributed by atoms with Crippen molar-refractivity contribution in [3.8, 4) is 0 Å². The van der Waals surface area contributed by atoms with Crippen LogP contribution in [0.4, 0.5) is 11.5 Å². The minimum absolute atomic E-state index is 0.0360. The van der Waals surface area contributed by atoms with Crippen LogP contribution in [-0.4, -0.2) is 16.1 Å². The summed E-state index contributed by atoms with van der Waals surface area (Å²) in [6, 6.07) is 9.24. The van der Waals surface area contributed by atoms with Crippen LogP contribution >= 0.6 is 0 Å². The summed E-state index contributed by atoms with van der Waals surface area (Å²) in [5, 5.41) is 9.15. The Kier molecular flexibility index (Phi) is 3.40. The van der Waals surface area contributed by atoms with Crippen LogP contribution in [-0.2, 0) is 11.2 Å². The Balaban J connectivity index is 1.82. The number of carbonyl (C=O) groups is 1. The van der Waals surface area contributed by atoms with Crippen LogP contribution in [0.3, 0.4) is 0 Å². The van der Waals surface area contributed by atoms with E-state index in [1.165, 1.54) is 0 Å². The first-order chi connectivity index (χ1) is 8.24. The lowest BCUT2D eigenvalue weighted by molar-refractivity contribution is -0.116. The van der Waals surface area contributed by atoms with E-state index in [1.807, 2.05) is 24.3 Å². The largest absolute Gasteiger partial charge is 0.399 e. The van der Waals surface area contributed by atoms with Gasteiger partial charge in [-0.2, -0.15) is 5.10 Å². The van der Waals surface area contributed by atoms with Gasteiger partial charge >= 0.3 is 0 Å². The number of nitrogen functional groups attached to an aromatic ring is 1. The van der Waals surface area contributed by atoms with Crippen molar-refractivity contribution in [2.75, 3.05) is 11.1 Å². The Morgan fingerprint density at radius 1 is 1.29 bits per heavy atom. The van der Waals surface area contributed by atoms with Crippen LogP contribution < -0.4 is 11.1 Å². The summed E-state index contributed by atoms with van der Waals surface area (Å²) in [5.74, 6) is 0.582. The van der Waals surface area contributed by atoms with E-state index in [1.54, 1.807) is 12.3 Å². The molecule has 0 fully saturated rings. The number of H-pyrrole nitrogens is 1. The molecule has 1 heterocycles. The predicted octanol–water partition coefficient (Wildman–Crippen LogP) is 1.56. The average molecular weight is 230 g/mol. The first-order valence-corrected chi connectivity index (χ1v) is 5.38. The van der Waals surface area contributed by atoms with Gasteiger partial charge in [0.25, 0.3) is 0 Å². The third-order valence-electron chi connectivity index (χ3n) is 2.40. The molecule has 0 saturated heterocycles. The Hall–Kier alpha value is -2.30. The number of nitrogens with zero attached hydrogens (tertiary/aromatic N) is 1. The lowest BCUT2D eigenvalue weighted by Crippen LogP contribution is -2.12. The van der Waals surface area contributed by atoms with Crippen LogP contribution in [0.1, 0.15) is 12.0 Å². The van der Waals surface area contributed by atoms with Crippen molar-refractivity contribution in [3.05, 3.63) is 42.1 Å². The van der Waals surface area contributed by atoms with Gasteiger partial charge in [0.15, 0.2) is 0 Å². The minimum Gasteiger partial charge on any atom is -0.399 e. The first kappa shape index (κ1) is 11.2. The number of carbonyl (C=O) groups excluding carboxylic acids is 1. The van der Waals surface area contributed by atoms with Crippen molar-refractivity contribution >= 4 is 17.4 Å². The van der Waals surface area contributed by atoms with Crippen molar-refractivity contribution in [2.45, 2.75) is 12.8 Å². The van der Waals surface area contributed by atoms with Crippen LogP contribution in [0.15, 0.2) is 36.5 Å². The highest BCUT2D eigenvalue weighted by Gasteiger charge is 2.03. The normalized spacial score (nSPS) is 10.1. The van der Waals surface area contributed by atoms with Crippen molar-refractivity contribution in [1.29, 1.82) is 0 Å². The maximum atomic E-state index is 11.6. The highest BCUT2D eigenvalue weighted by molar-refractivity contribution is 5.89.